The van der Waals surface area contributed by atoms with Crippen molar-refractivity contribution < 1.29 is 0 Å². The third-order valence-corrected chi connectivity index (χ3v) is 5.06. The van der Waals surface area contributed by atoms with Gasteiger partial charge in [-0.3, -0.25) is 0 Å². The van der Waals surface area contributed by atoms with Crippen molar-refractivity contribution in [2.24, 2.45) is 0 Å². The lowest BCUT2D eigenvalue weighted by Crippen LogP contribution is -2.40. The lowest BCUT2D eigenvalue weighted by atomic mass is 9.81. The minimum absolute atomic E-state index is 0.273. The van der Waals surface area contributed by atoms with E-state index in [1.165, 1.54) is 40.8 Å². The van der Waals surface area contributed by atoms with E-state index in [1.54, 1.807) is 0 Å². The number of rotatable bonds is 2. The Kier molecular flexibility index (Phi) is 3.30. The molecule has 0 aliphatic heterocycles. The summed E-state index contributed by atoms with van der Waals surface area (Å²) < 4.78 is 1.24. The third kappa shape index (κ3) is 1.90. The van der Waals surface area contributed by atoms with Crippen molar-refractivity contribution in [3.63, 3.8) is 0 Å². The van der Waals surface area contributed by atoms with Gasteiger partial charge in [0.25, 0.3) is 0 Å². The van der Waals surface area contributed by atoms with Crippen LogP contribution in [0.4, 0.5) is 0 Å². The quantitative estimate of drug-likeness (QED) is 0.862. The van der Waals surface area contributed by atoms with Crippen LogP contribution in [-0.4, -0.2) is 7.05 Å². The second kappa shape index (κ2) is 4.33. The molecule has 1 aliphatic rings. The van der Waals surface area contributed by atoms with Gasteiger partial charge in [0.1, 0.15) is 0 Å². The summed E-state index contributed by atoms with van der Waals surface area (Å²) in [5.41, 5.74) is 0.273. The van der Waals surface area contributed by atoms with Crippen molar-refractivity contribution in [2.45, 2.75) is 37.6 Å². The van der Waals surface area contributed by atoms with E-state index >= 15 is 0 Å². The van der Waals surface area contributed by atoms with Gasteiger partial charge in [-0.05, 0) is 48.0 Å². The first-order chi connectivity index (χ1) is 6.77. The van der Waals surface area contributed by atoms with Crippen LogP contribution in [0.2, 0.25) is 0 Å². The highest BCUT2D eigenvalue weighted by molar-refractivity contribution is 9.11. The Balaban J connectivity index is 2.26. The standard InChI is InChI=1S/C11H16BrNS/c1-13-11(7-3-2-4-8-11)9-5-6-10(12)14-9/h5-6,13H,2-4,7-8H2,1H3. The molecule has 0 atom stereocenters. The zero-order chi connectivity index (χ0) is 10.0. The molecule has 1 saturated carbocycles. The van der Waals surface area contributed by atoms with E-state index in [2.05, 4.69) is 40.4 Å². The molecule has 0 saturated heterocycles. The molecule has 1 aliphatic carbocycles. The Hall–Kier alpha value is 0.140. The lowest BCUT2D eigenvalue weighted by Gasteiger charge is -2.36. The Morgan fingerprint density at radius 2 is 2.00 bits per heavy atom. The normalized spacial score (nSPS) is 21.0. The number of thiophene rings is 1. The molecule has 0 radical (unpaired) electrons. The van der Waals surface area contributed by atoms with Crippen LogP contribution in [0.1, 0.15) is 37.0 Å². The molecule has 2 rings (SSSR count). The van der Waals surface area contributed by atoms with Crippen LogP contribution in [0, 0.1) is 0 Å². The van der Waals surface area contributed by atoms with E-state index in [-0.39, 0.29) is 5.54 Å². The maximum absolute atomic E-state index is 3.54. The number of hydrogen-bond acceptors (Lipinski definition) is 2. The summed E-state index contributed by atoms with van der Waals surface area (Å²) in [5.74, 6) is 0. The van der Waals surface area contributed by atoms with Gasteiger partial charge >= 0.3 is 0 Å². The Bertz CT molecular complexity index is 302. The largest absolute Gasteiger partial charge is 0.310 e. The summed E-state index contributed by atoms with van der Waals surface area (Å²) in [4.78, 5) is 1.49. The second-order valence-electron chi connectivity index (χ2n) is 4.00. The fraction of sp³-hybridized carbons (Fsp3) is 0.636. The lowest BCUT2D eigenvalue weighted by molar-refractivity contribution is 0.255. The molecule has 0 bridgehead atoms. The van der Waals surface area contributed by atoms with Gasteiger partial charge < -0.3 is 5.32 Å². The molecule has 0 aromatic carbocycles. The summed E-state index contributed by atoms with van der Waals surface area (Å²) in [5, 5.41) is 3.54. The van der Waals surface area contributed by atoms with Crippen LogP contribution in [0.3, 0.4) is 0 Å². The molecule has 1 N–H and O–H groups in total. The molecular formula is C11H16BrNS. The van der Waals surface area contributed by atoms with Crippen molar-refractivity contribution in [3.8, 4) is 0 Å². The molecule has 1 fully saturated rings. The summed E-state index contributed by atoms with van der Waals surface area (Å²) in [7, 11) is 2.10. The summed E-state index contributed by atoms with van der Waals surface area (Å²) in [6.07, 6.45) is 6.69. The summed E-state index contributed by atoms with van der Waals surface area (Å²) in [6.45, 7) is 0. The average Bonchev–Trinajstić information content (AvgIpc) is 2.66. The van der Waals surface area contributed by atoms with Crippen molar-refractivity contribution >= 4 is 27.3 Å². The monoisotopic (exact) mass is 273 g/mol. The second-order valence-corrected chi connectivity index (χ2v) is 6.46. The van der Waals surface area contributed by atoms with Gasteiger partial charge in [-0.15, -0.1) is 11.3 Å². The van der Waals surface area contributed by atoms with Crippen LogP contribution in [0.25, 0.3) is 0 Å². The van der Waals surface area contributed by atoms with Gasteiger partial charge in [-0.1, -0.05) is 19.3 Å². The van der Waals surface area contributed by atoms with Crippen molar-refractivity contribution in [1.82, 2.24) is 5.32 Å². The first kappa shape index (κ1) is 10.7. The molecule has 0 spiro atoms. The highest BCUT2D eigenvalue weighted by Gasteiger charge is 2.33. The van der Waals surface area contributed by atoms with Crippen LogP contribution in [0.5, 0.6) is 0 Å². The minimum atomic E-state index is 0.273. The predicted octanol–water partition coefficient (Wildman–Crippen LogP) is 3.89. The molecule has 0 unspecified atom stereocenters. The van der Waals surface area contributed by atoms with Gasteiger partial charge in [-0.2, -0.15) is 0 Å². The zero-order valence-electron chi connectivity index (χ0n) is 8.48. The molecule has 3 heteroatoms. The van der Waals surface area contributed by atoms with Crippen molar-refractivity contribution in [2.75, 3.05) is 7.05 Å². The van der Waals surface area contributed by atoms with E-state index in [0.717, 1.165) is 0 Å². The van der Waals surface area contributed by atoms with Gasteiger partial charge in [0.15, 0.2) is 0 Å². The van der Waals surface area contributed by atoms with Crippen LogP contribution >= 0.6 is 27.3 Å². The molecular weight excluding hydrogens is 258 g/mol. The molecule has 1 nitrogen and oxygen atoms in total. The molecule has 78 valence electrons. The number of nitrogens with one attached hydrogen (secondary N) is 1. The molecule has 1 aromatic heterocycles. The molecule has 1 aromatic rings. The maximum atomic E-state index is 3.54. The Morgan fingerprint density at radius 1 is 1.29 bits per heavy atom. The molecule has 14 heavy (non-hydrogen) atoms. The Labute approximate surface area is 98.0 Å². The van der Waals surface area contributed by atoms with E-state index < -0.39 is 0 Å². The average molecular weight is 274 g/mol. The first-order valence-corrected chi connectivity index (χ1v) is 6.82. The summed E-state index contributed by atoms with van der Waals surface area (Å²) in [6, 6.07) is 4.42. The van der Waals surface area contributed by atoms with Crippen LogP contribution in [0.15, 0.2) is 15.9 Å². The van der Waals surface area contributed by atoms with Gasteiger partial charge in [0.2, 0.25) is 0 Å². The van der Waals surface area contributed by atoms with E-state index in [0.29, 0.717) is 0 Å². The van der Waals surface area contributed by atoms with E-state index in [4.69, 9.17) is 0 Å². The maximum Gasteiger partial charge on any atom is 0.0702 e. The van der Waals surface area contributed by atoms with Crippen molar-refractivity contribution in [3.05, 3.63) is 20.8 Å². The fourth-order valence-electron chi connectivity index (χ4n) is 2.35. The highest BCUT2D eigenvalue weighted by atomic mass is 79.9. The number of hydrogen-bond donors (Lipinski definition) is 1. The predicted molar refractivity (Wildman–Crippen MR) is 65.8 cm³/mol. The smallest absolute Gasteiger partial charge is 0.0702 e. The van der Waals surface area contributed by atoms with Gasteiger partial charge in [-0.25, -0.2) is 0 Å². The SMILES string of the molecule is CNC1(c2ccc(Br)s2)CCCCC1. The summed E-state index contributed by atoms with van der Waals surface area (Å²) >= 11 is 5.41. The molecule has 0 amide bonds. The van der Waals surface area contributed by atoms with Crippen LogP contribution in [-0.2, 0) is 5.54 Å². The highest BCUT2D eigenvalue weighted by Crippen LogP contribution is 2.40. The molecule has 1 heterocycles. The Morgan fingerprint density at radius 3 is 2.50 bits per heavy atom. The number of halogens is 1. The fourth-order valence-corrected chi connectivity index (χ4v) is 3.99. The van der Waals surface area contributed by atoms with E-state index in [9.17, 15) is 0 Å². The topological polar surface area (TPSA) is 12.0 Å². The van der Waals surface area contributed by atoms with Crippen LogP contribution < -0.4 is 5.32 Å². The van der Waals surface area contributed by atoms with Gasteiger partial charge in [0.05, 0.1) is 9.33 Å². The first-order valence-electron chi connectivity index (χ1n) is 5.22. The third-order valence-electron chi connectivity index (χ3n) is 3.23. The van der Waals surface area contributed by atoms with Crippen molar-refractivity contribution in [1.29, 1.82) is 0 Å². The van der Waals surface area contributed by atoms with E-state index in [1.807, 2.05) is 11.3 Å². The minimum Gasteiger partial charge on any atom is -0.310 e. The zero-order valence-corrected chi connectivity index (χ0v) is 10.9. The van der Waals surface area contributed by atoms with Gasteiger partial charge in [0, 0.05) is 4.88 Å².